The SMILES string of the molecule is Cc1noc(C)c1-c1ccc2c(c1)nc(C1CCC(=O)N1c1cc(F)cc(Cl)c1)n2C1CCSCC1. The quantitative estimate of drug-likeness (QED) is 0.286. The number of thioether (sulfide) groups is 1. The van der Waals surface area contributed by atoms with E-state index in [9.17, 15) is 9.18 Å². The summed E-state index contributed by atoms with van der Waals surface area (Å²) >= 11 is 8.14. The van der Waals surface area contributed by atoms with Crippen molar-refractivity contribution in [2.45, 2.75) is 51.6 Å². The summed E-state index contributed by atoms with van der Waals surface area (Å²) in [6.45, 7) is 3.85. The Morgan fingerprint density at radius 1 is 1.11 bits per heavy atom. The van der Waals surface area contributed by atoms with Gasteiger partial charge in [0.05, 0.1) is 22.8 Å². The van der Waals surface area contributed by atoms with Gasteiger partial charge in [-0.3, -0.25) is 4.79 Å². The molecule has 36 heavy (non-hydrogen) atoms. The number of aryl methyl sites for hydroxylation is 2. The summed E-state index contributed by atoms with van der Waals surface area (Å²) in [5, 5.41) is 4.38. The first-order chi connectivity index (χ1) is 17.4. The molecule has 4 aromatic rings. The van der Waals surface area contributed by atoms with Crippen molar-refractivity contribution in [3.05, 3.63) is 64.5 Å². The zero-order valence-electron chi connectivity index (χ0n) is 20.1. The van der Waals surface area contributed by atoms with E-state index in [1.54, 1.807) is 11.0 Å². The standard InChI is InChI=1S/C27H26ClFN4O2S/c1-15-26(16(2)35-31-15)17-3-4-23-22(11-17)30-27(33(23)20-7-9-36-10-8-20)24-5-6-25(34)32(24)21-13-18(28)12-19(29)14-21/h3-4,11-14,20,24H,5-10H2,1-2H3. The van der Waals surface area contributed by atoms with E-state index < -0.39 is 5.82 Å². The molecule has 4 heterocycles. The maximum Gasteiger partial charge on any atom is 0.227 e. The Balaban J connectivity index is 1.52. The molecule has 1 atom stereocenters. The van der Waals surface area contributed by atoms with Gasteiger partial charge in [-0.25, -0.2) is 9.37 Å². The van der Waals surface area contributed by atoms with Crippen LogP contribution in [0.4, 0.5) is 10.1 Å². The number of fused-ring (bicyclic) bond motifs is 1. The van der Waals surface area contributed by atoms with Gasteiger partial charge in [-0.1, -0.05) is 22.8 Å². The van der Waals surface area contributed by atoms with Gasteiger partial charge in [0.15, 0.2) is 0 Å². The number of anilines is 1. The van der Waals surface area contributed by atoms with E-state index in [1.165, 1.54) is 12.1 Å². The van der Waals surface area contributed by atoms with E-state index in [0.717, 1.165) is 63.8 Å². The average molecular weight is 525 g/mol. The highest BCUT2D eigenvalue weighted by Crippen LogP contribution is 2.42. The van der Waals surface area contributed by atoms with E-state index in [1.807, 2.05) is 25.6 Å². The van der Waals surface area contributed by atoms with Gasteiger partial charge in [-0.05, 0) is 80.5 Å². The Labute approximate surface area is 217 Å². The number of halogens is 2. The summed E-state index contributed by atoms with van der Waals surface area (Å²) in [4.78, 5) is 19.9. The maximum absolute atomic E-state index is 14.3. The summed E-state index contributed by atoms with van der Waals surface area (Å²) in [5.74, 6) is 3.30. The van der Waals surface area contributed by atoms with Gasteiger partial charge in [-0.2, -0.15) is 11.8 Å². The fraction of sp³-hybridized carbons (Fsp3) is 0.370. The number of rotatable bonds is 4. The number of amides is 1. The van der Waals surface area contributed by atoms with Gasteiger partial charge >= 0.3 is 0 Å². The monoisotopic (exact) mass is 524 g/mol. The molecule has 6 rings (SSSR count). The first kappa shape index (κ1) is 23.6. The van der Waals surface area contributed by atoms with Crippen LogP contribution in [-0.4, -0.2) is 32.1 Å². The van der Waals surface area contributed by atoms with E-state index >= 15 is 0 Å². The molecule has 0 spiro atoms. The molecule has 2 fully saturated rings. The molecule has 2 aliphatic rings. The first-order valence-electron chi connectivity index (χ1n) is 12.2. The van der Waals surface area contributed by atoms with Crippen LogP contribution < -0.4 is 4.90 Å². The fourth-order valence-electron chi connectivity index (χ4n) is 5.66. The molecule has 9 heteroatoms. The van der Waals surface area contributed by atoms with Crippen molar-refractivity contribution in [2.24, 2.45) is 0 Å². The normalized spacial score (nSPS) is 19.1. The molecular weight excluding hydrogens is 499 g/mol. The molecule has 1 unspecified atom stereocenters. The molecular formula is C27H26ClFN4O2S. The minimum Gasteiger partial charge on any atom is -0.361 e. The minimum atomic E-state index is -0.460. The van der Waals surface area contributed by atoms with E-state index in [-0.39, 0.29) is 17.0 Å². The molecule has 0 radical (unpaired) electrons. The third-order valence-electron chi connectivity index (χ3n) is 7.23. The van der Waals surface area contributed by atoms with Crippen molar-refractivity contribution in [1.82, 2.24) is 14.7 Å². The lowest BCUT2D eigenvalue weighted by Crippen LogP contribution is -2.30. The lowest BCUT2D eigenvalue weighted by atomic mass is 10.0. The topological polar surface area (TPSA) is 64.2 Å². The second-order valence-electron chi connectivity index (χ2n) is 9.53. The van der Waals surface area contributed by atoms with Gasteiger partial charge in [0.2, 0.25) is 5.91 Å². The Bertz CT molecular complexity index is 1440. The van der Waals surface area contributed by atoms with Crippen LogP contribution in [0.15, 0.2) is 40.9 Å². The molecule has 2 saturated heterocycles. The number of hydrogen-bond acceptors (Lipinski definition) is 5. The van der Waals surface area contributed by atoms with Crippen LogP contribution in [0.5, 0.6) is 0 Å². The van der Waals surface area contributed by atoms with Crippen LogP contribution in [0.3, 0.4) is 0 Å². The second kappa shape index (κ2) is 9.23. The summed E-state index contributed by atoms with van der Waals surface area (Å²) in [6.07, 6.45) is 3.09. The number of carbonyl (C=O) groups excluding carboxylic acids is 1. The first-order valence-corrected chi connectivity index (χ1v) is 13.7. The van der Waals surface area contributed by atoms with Crippen molar-refractivity contribution in [3.8, 4) is 11.1 Å². The number of nitrogens with zero attached hydrogens (tertiary/aromatic N) is 4. The van der Waals surface area contributed by atoms with Gasteiger partial charge in [0, 0.05) is 28.7 Å². The van der Waals surface area contributed by atoms with E-state index in [4.69, 9.17) is 21.1 Å². The van der Waals surface area contributed by atoms with E-state index in [0.29, 0.717) is 24.6 Å². The van der Waals surface area contributed by atoms with Crippen molar-refractivity contribution < 1.29 is 13.7 Å². The molecule has 1 amide bonds. The fourth-order valence-corrected chi connectivity index (χ4v) is 6.96. The zero-order valence-corrected chi connectivity index (χ0v) is 21.7. The van der Waals surface area contributed by atoms with Crippen LogP contribution in [0.25, 0.3) is 22.2 Å². The van der Waals surface area contributed by atoms with Gasteiger partial charge in [0.25, 0.3) is 0 Å². The van der Waals surface area contributed by atoms with Gasteiger partial charge < -0.3 is 14.0 Å². The summed E-state index contributed by atoms with van der Waals surface area (Å²) in [6, 6.07) is 10.6. The largest absolute Gasteiger partial charge is 0.361 e. The molecule has 2 aromatic carbocycles. The van der Waals surface area contributed by atoms with Crippen LogP contribution in [0.1, 0.15) is 55.0 Å². The number of imidazole rings is 1. The van der Waals surface area contributed by atoms with Crippen molar-refractivity contribution in [2.75, 3.05) is 16.4 Å². The number of carbonyl (C=O) groups is 1. The third kappa shape index (κ3) is 4.00. The van der Waals surface area contributed by atoms with Gasteiger partial charge in [0.1, 0.15) is 17.4 Å². The Hall–Kier alpha value is -2.84. The van der Waals surface area contributed by atoms with Crippen LogP contribution in [0, 0.1) is 19.7 Å². The van der Waals surface area contributed by atoms with Crippen LogP contribution in [0.2, 0.25) is 5.02 Å². The number of benzene rings is 2. The maximum atomic E-state index is 14.3. The minimum absolute atomic E-state index is 0.0455. The lowest BCUT2D eigenvalue weighted by molar-refractivity contribution is -0.117. The van der Waals surface area contributed by atoms with Crippen LogP contribution >= 0.6 is 23.4 Å². The van der Waals surface area contributed by atoms with Crippen LogP contribution in [-0.2, 0) is 4.79 Å². The molecule has 0 N–H and O–H groups in total. The zero-order chi connectivity index (χ0) is 25.0. The predicted molar refractivity (Wildman–Crippen MR) is 141 cm³/mol. The molecule has 0 bridgehead atoms. The third-order valence-corrected chi connectivity index (χ3v) is 8.50. The molecule has 186 valence electrons. The van der Waals surface area contributed by atoms with E-state index in [2.05, 4.69) is 27.9 Å². The highest BCUT2D eigenvalue weighted by molar-refractivity contribution is 7.99. The van der Waals surface area contributed by atoms with Crippen molar-refractivity contribution >= 4 is 46.0 Å². The molecule has 2 aliphatic heterocycles. The summed E-state index contributed by atoms with van der Waals surface area (Å²) in [5.41, 5.74) is 5.22. The number of hydrogen-bond donors (Lipinski definition) is 0. The lowest BCUT2D eigenvalue weighted by Gasteiger charge is -2.30. The Morgan fingerprint density at radius 3 is 2.64 bits per heavy atom. The molecule has 6 nitrogen and oxygen atoms in total. The average Bonchev–Trinajstić information content (AvgIpc) is 3.52. The number of aromatic nitrogens is 3. The second-order valence-corrected chi connectivity index (χ2v) is 11.2. The summed E-state index contributed by atoms with van der Waals surface area (Å²) in [7, 11) is 0. The molecule has 0 aliphatic carbocycles. The highest BCUT2D eigenvalue weighted by Gasteiger charge is 2.38. The highest BCUT2D eigenvalue weighted by atomic mass is 35.5. The Morgan fingerprint density at radius 2 is 1.92 bits per heavy atom. The Kier molecular flexibility index (Phi) is 6.04. The van der Waals surface area contributed by atoms with Gasteiger partial charge in [-0.15, -0.1) is 0 Å². The van der Waals surface area contributed by atoms with Crippen molar-refractivity contribution in [1.29, 1.82) is 0 Å². The predicted octanol–water partition coefficient (Wildman–Crippen LogP) is 7.04. The van der Waals surface area contributed by atoms with Crippen molar-refractivity contribution in [3.63, 3.8) is 0 Å². The molecule has 0 saturated carbocycles. The summed E-state index contributed by atoms with van der Waals surface area (Å²) < 4.78 is 22.0. The molecule has 2 aromatic heterocycles. The smallest absolute Gasteiger partial charge is 0.227 e.